The quantitative estimate of drug-likeness (QED) is 0.406. The van der Waals surface area contributed by atoms with E-state index in [0.717, 1.165) is 27.8 Å². The monoisotopic (exact) mass is 377 g/mol. The first kappa shape index (κ1) is 15.7. The summed E-state index contributed by atoms with van der Waals surface area (Å²) in [7, 11) is 0. The highest BCUT2D eigenvalue weighted by Crippen LogP contribution is 2.40. The fourth-order valence-corrected chi connectivity index (χ4v) is 4.10. The molecule has 5 aromatic rings. The van der Waals surface area contributed by atoms with E-state index in [-0.39, 0.29) is 10.7 Å². The van der Waals surface area contributed by atoms with Crippen LogP contribution in [-0.4, -0.2) is 20.2 Å². The number of fused-ring (bicyclic) bond motifs is 2. The first-order valence-electron chi connectivity index (χ1n) is 8.11. The maximum Gasteiger partial charge on any atom is 0.260 e. The summed E-state index contributed by atoms with van der Waals surface area (Å²) in [6.45, 7) is 0. The fourth-order valence-electron chi connectivity index (χ4n) is 3.35. The van der Waals surface area contributed by atoms with Gasteiger partial charge in [0, 0.05) is 21.4 Å². The van der Waals surface area contributed by atoms with Gasteiger partial charge in [0.25, 0.3) is 5.56 Å². The molecule has 5 rings (SSSR count). The largest absolute Gasteiger partial charge is 0.398 e. The number of benzene rings is 2. The highest BCUT2D eigenvalue weighted by molar-refractivity contribution is 7.14. The normalized spacial score (nSPS) is 11.4. The van der Waals surface area contributed by atoms with Gasteiger partial charge in [-0.05, 0) is 29.8 Å². The predicted octanol–water partition coefficient (Wildman–Crippen LogP) is 3.92. The van der Waals surface area contributed by atoms with Crippen LogP contribution in [0.2, 0.25) is 0 Å². The van der Waals surface area contributed by atoms with E-state index in [4.69, 9.17) is 5.73 Å². The molecule has 8 heteroatoms. The lowest BCUT2D eigenvalue weighted by Gasteiger charge is -2.13. The lowest BCUT2D eigenvalue weighted by atomic mass is 9.95. The van der Waals surface area contributed by atoms with Gasteiger partial charge in [0.15, 0.2) is 5.13 Å². The number of rotatable bonds is 2. The third-order valence-corrected chi connectivity index (χ3v) is 5.48. The molecule has 0 aliphatic carbocycles. The lowest BCUT2D eigenvalue weighted by molar-refractivity contribution is 0.657. The van der Waals surface area contributed by atoms with E-state index < -0.39 is 0 Å². The highest BCUT2D eigenvalue weighted by atomic mass is 32.1. The van der Waals surface area contributed by atoms with Crippen LogP contribution >= 0.6 is 11.3 Å². The van der Waals surface area contributed by atoms with Crippen LogP contribution in [0.25, 0.3) is 43.4 Å². The van der Waals surface area contributed by atoms with Gasteiger partial charge in [-0.25, -0.2) is 4.98 Å². The number of aromatic nitrogens is 4. The molecule has 0 radical (unpaired) electrons. The molecule has 0 atom stereocenters. The molecule has 0 saturated carbocycles. The second kappa shape index (κ2) is 5.75. The van der Waals surface area contributed by atoms with E-state index >= 15 is 0 Å². The smallest absolute Gasteiger partial charge is 0.260 e. The molecule has 0 unspecified atom stereocenters. The molecular weight excluding hydrogens is 365 g/mol. The molecule has 4 N–H and O–H groups in total. The number of nitrogen functional groups attached to an aromatic ring is 1. The van der Waals surface area contributed by atoms with E-state index in [2.05, 4.69) is 20.2 Å². The van der Waals surface area contributed by atoms with Gasteiger partial charge in [0.1, 0.15) is 0 Å². The van der Waals surface area contributed by atoms with E-state index in [1.807, 2.05) is 24.3 Å². The fraction of sp³-hybridized carbons (Fsp3) is 0. The second-order valence-corrected chi connectivity index (χ2v) is 7.12. The van der Waals surface area contributed by atoms with E-state index in [1.165, 1.54) is 12.4 Å². The molecule has 0 aliphatic rings. The molecule has 0 aliphatic heterocycles. The van der Waals surface area contributed by atoms with Crippen molar-refractivity contribution in [3.63, 3.8) is 0 Å². The molecule has 0 amide bonds. The Morgan fingerprint density at radius 2 is 2.00 bits per heavy atom. The third kappa shape index (κ3) is 2.34. The Kier molecular flexibility index (Phi) is 3.34. The Labute approximate surface area is 155 Å². The van der Waals surface area contributed by atoms with Crippen LogP contribution in [0.4, 0.5) is 10.1 Å². The number of nitrogens with zero attached hydrogens (tertiary/aromatic N) is 2. The number of halogens is 1. The van der Waals surface area contributed by atoms with E-state index in [9.17, 15) is 9.18 Å². The number of nitrogens with one attached hydrogen (secondary N) is 2. The summed E-state index contributed by atoms with van der Waals surface area (Å²) in [5.41, 5.74) is 9.87. The van der Waals surface area contributed by atoms with Crippen molar-refractivity contribution >= 4 is 38.8 Å². The average molecular weight is 377 g/mol. The van der Waals surface area contributed by atoms with Gasteiger partial charge in [-0.1, -0.05) is 12.1 Å². The van der Waals surface area contributed by atoms with Gasteiger partial charge in [0.05, 0.1) is 34.6 Å². The lowest BCUT2D eigenvalue weighted by Crippen LogP contribution is -2.10. The Hall–Kier alpha value is -3.52. The second-order valence-electron chi connectivity index (χ2n) is 6.08. The van der Waals surface area contributed by atoms with Crippen LogP contribution in [0.1, 0.15) is 0 Å². The number of hydrogen-bond acceptors (Lipinski definition) is 5. The standard InChI is InChI=1S/C19H12FN5OS/c20-15-5-4-14(27-15)11-6-10(9-2-1-3-13-12(9)7-24-25-13)17(21)16-18(11)22-8-23-19(16)26/h1-8H,21H2,(H,24,25)(H,22,23,26). The minimum Gasteiger partial charge on any atom is -0.398 e. The van der Waals surface area contributed by atoms with Crippen LogP contribution in [-0.2, 0) is 0 Å². The van der Waals surface area contributed by atoms with Crippen molar-refractivity contribution in [1.29, 1.82) is 0 Å². The molecule has 3 heterocycles. The van der Waals surface area contributed by atoms with E-state index in [0.29, 0.717) is 32.6 Å². The minimum absolute atomic E-state index is 0.291. The van der Waals surface area contributed by atoms with Crippen LogP contribution in [0.15, 0.2) is 53.7 Å². The summed E-state index contributed by atoms with van der Waals surface area (Å²) < 4.78 is 13.7. The SMILES string of the molecule is Nc1c(-c2cccc3[nH]ncc23)cc(-c2ccc(F)s2)c2nc[nH]c(=O)c12. The summed E-state index contributed by atoms with van der Waals surface area (Å²) >= 11 is 0.998. The molecular formula is C19H12FN5OS. The topological polar surface area (TPSA) is 100 Å². The molecule has 0 saturated heterocycles. The van der Waals surface area contributed by atoms with Crippen molar-refractivity contribution < 1.29 is 4.39 Å². The van der Waals surface area contributed by atoms with Crippen LogP contribution in [0.5, 0.6) is 0 Å². The van der Waals surface area contributed by atoms with Crippen LogP contribution in [0.3, 0.4) is 0 Å². The zero-order valence-corrected chi connectivity index (χ0v) is 14.6. The Bertz CT molecular complexity index is 1380. The number of anilines is 1. The molecule has 27 heavy (non-hydrogen) atoms. The van der Waals surface area contributed by atoms with Gasteiger partial charge in [-0.2, -0.15) is 9.49 Å². The molecule has 0 fully saturated rings. The first-order chi connectivity index (χ1) is 13.1. The van der Waals surface area contributed by atoms with Gasteiger partial charge < -0.3 is 10.7 Å². The third-order valence-electron chi connectivity index (χ3n) is 4.57. The maximum atomic E-state index is 13.7. The van der Waals surface area contributed by atoms with E-state index in [1.54, 1.807) is 12.3 Å². The zero-order valence-electron chi connectivity index (χ0n) is 13.8. The van der Waals surface area contributed by atoms with Gasteiger partial charge in [-0.15, -0.1) is 11.3 Å². The Balaban J connectivity index is 1.94. The molecule has 3 aromatic heterocycles. The highest BCUT2D eigenvalue weighted by Gasteiger charge is 2.19. The number of nitrogens with two attached hydrogens (primary N) is 1. The minimum atomic E-state index is -0.336. The van der Waals surface area contributed by atoms with Crippen molar-refractivity contribution in [2.24, 2.45) is 0 Å². The summed E-state index contributed by atoms with van der Waals surface area (Å²) in [5, 5.41) is 7.88. The summed E-state index contributed by atoms with van der Waals surface area (Å²) in [6.07, 6.45) is 3.04. The number of H-pyrrole nitrogens is 2. The molecule has 0 spiro atoms. The molecule has 0 bridgehead atoms. The summed E-state index contributed by atoms with van der Waals surface area (Å²) in [6, 6.07) is 10.6. The van der Waals surface area contributed by atoms with Gasteiger partial charge in [0.2, 0.25) is 0 Å². The van der Waals surface area contributed by atoms with Crippen molar-refractivity contribution in [2.75, 3.05) is 5.73 Å². The van der Waals surface area contributed by atoms with Crippen molar-refractivity contribution in [3.05, 3.63) is 64.4 Å². The Morgan fingerprint density at radius 1 is 1.11 bits per heavy atom. The van der Waals surface area contributed by atoms with Crippen LogP contribution < -0.4 is 11.3 Å². The molecule has 132 valence electrons. The van der Waals surface area contributed by atoms with Crippen LogP contribution in [0, 0.1) is 5.13 Å². The van der Waals surface area contributed by atoms with Gasteiger partial charge in [-0.3, -0.25) is 9.89 Å². The summed E-state index contributed by atoms with van der Waals surface area (Å²) in [4.78, 5) is 20.1. The molecule has 6 nitrogen and oxygen atoms in total. The summed E-state index contributed by atoms with van der Waals surface area (Å²) in [5.74, 6) is 0. The van der Waals surface area contributed by atoms with Crippen molar-refractivity contribution in [2.45, 2.75) is 0 Å². The number of thiophene rings is 1. The van der Waals surface area contributed by atoms with Crippen molar-refractivity contribution in [3.8, 4) is 21.6 Å². The number of aromatic amines is 2. The first-order valence-corrected chi connectivity index (χ1v) is 8.93. The van der Waals surface area contributed by atoms with Crippen molar-refractivity contribution in [1.82, 2.24) is 20.2 Å². The van der Waals surface area contributed by atoms with Gasteiger partial charge >= 0.3 is 0 Å². The number of hydrogen-bond donors (Lipinski definition) is 3. The molecule has 2 aromatic carbocycles. The average Bonchev–Trinajstić information content (AvgIpc) is 3.31. The Morgan fingerprint density at radius 3 is 2.81 bits per heavy atom. The zero-order chi connectivity index (χ0) is 18.5. The predicted molar refractivity (Wildman–Crippen MR) is 105 cm³/mol. The maximum absolute atomic E-state index is 13.7.